The van der Waals surface area contributed by atoms with Crippen LogP contribution in [-0.4, -0.2) is 93.2 Å². The lowest BCUT2D eigenvalue weighted by Crippen LogP contribution is -2.45. The molecule has 5 heterocycles. The van der Waals surface area contributed by atoms with E-state index in [1.807, 2.05) is 21.9 Å². The summed E-state index contributed by atoms with van der Waals surface area (Å²) in [6.07, 6.45) is 6.89. The van der Waals surface area contributed by atoms with Gasteiger partial charge in [-0.3, -0.25) is 19.6 Å². The van der Waals surface area contributed by atoms with Crippen LogP contribution in [0.2, 0.25) is 0 Å². The Hall–Kier alpha value is -5.33. The van der Waals surface area contributed by atoms with Gasteiger partial charge in [0.05, 0.1) is 24.1 Å². The predicted molar refractivity (Wildman–Crippen MR) is 180 cm³/mol. The van der Waals surface area contributed by atoms with Crippen molar-refractivity contribution >= 4 is 34.2 Å². The van der Waals surface area contributed by atoms with Crippen LogP contribution < -0.4 is 5.32 Å². The standard InChI is InChI=1S/C36H35FN8O3/c1-48-23-36(35(47)41-30-12-11-29-33(40-30)32(43-42-29)26-7-9-28(37)10-8-26)15-20-44(22-36)21-31(46)45-18-13-25(14-19-45)24-3-5-27(6-4-24)34-38-16-2-17-39-34/h2-13,16-17H,14-15,18-23H2,1H3,(H,42,43)(H,40,41,47)/t36-/m1/s1. The number of pyridine rings is 1. The molecule has 0 spiro atoms. The number of aromatic nitrogens is 5. The molecule has 3 aromatic heterocycles. The van der Waals surface area contributed by atoms with Gasteiger partial charge in [-0.05, 0) is 73.0 Å². The molecule has 11 nitrogen and oxygen atoms in total. The highest BCUT2D eigenvalue weighted by atomic mass is 19.1. The predicted octanol–water partition coefficient (Wildman–Crippen LogP) is 4.81. The van der Waals surface area contributed by atoms with E-state index >= 15 is 0 Å². The third kappa shape index (κ3) is 6.44. The quantitative estimate of drug-likeness (QED) is 0.234. The van der Waals surface area contributed by atoms with Gasteiger partial charge in [-0.25, -0.2) is 19.3 Å². The molecule has 2 N–H and O–H groups in total. The lowest BCUT2D eigenvalue weighted by atomic mass is 9.87. The van der Waals surface area contributed by atoms with E-state index in [2.05, 4.69) is 48.7 Å². The zero-order valence-corrected chi connectivity index (χ0v) is 26.5. The van der Waals surface area contributed by atoms with E-state index in [-0.39, 0.29) is 30.8 Å². The molecule has 2 aromatic carbocycles. The number of hydrogen-bond acceptors (Lipinski definition) is 8. The van der Waals surface area contributed by atoms with Gasteiger partial charge >= 0.3 is 0 Å². The van der Waals surface area contributed by atoms with Crippen molar-refractivity contribution in [3.05, 3.63) is 96.6 Å². The number of H-pyrrole nitrogens is 1. The van der Waals surface area contributed by atoms with Gasteiger partial charge in [-0.15, -0.1) is 0 Å². The van der Waals surface area contributed by atoms with Crippen LogP contribution in [0.1, 0.15) is 18.4 Å². The SMILES string of the molecule is COC[C@@]1(C(=O)Nc2ccc3[nH]nc(-c4ccc(F)cc4)c3n2)CCN(CC(=O)N2CC=C(c3ccc(-c4ncccn4)cc3)CC2)C1. The molecular weight excluding hydrogens is 611 g/mol. The summed E-state index contributed by atoms with van der Waals surface area (Å²) in [5, 5.41) is 10.3. The third-order valence-corrected chi connectivity index (χ3v) is 9.10. The highest BCUT2D eigenvalue weighted by Gasteiger charge is 2.45. The lowest BCUT2D eigenvalue weighted by Gasteiger charge is -2.30. The molecule has 5 aromatic rings. The monoisotopic (exact) mass is 646 g/mol. The number of rotatable bonds is 9. The minimum atomic E-state index is -0.840. The first-order chi connectivity index (χ1) is 23.4. The smallest absolute Gasteiger partial charge is 0.237 e. The van der Waals surface area contributed by atoms with E-state index in [1.54, 1.807) is 49.8 Å². The number of anilines is 1. The molecule has 12 heteroatoms. The van der Waals surface area contributed by atoms with Crippen LogP contribution in [-0.2, 0) is 14.3 Å². The van der Waals surface area contributed by atoms with Crippen molar-refractivity contribution in [2.24, 2.45) is 5.41 Å². The molecule has 2 aliphatic rings. The molecule has 1 fully saturated rings. The van der Waals surface area contributed by atoms with Crippen molar-refractivity contribution < 1.29 is 18.7 Å². The molecule has 0 unspecified atom stereocenters. The number of halogens is 1. The number of amides is 2. The Kier molecular flexibility index (Phi) is 8.74. The molecule has 0 saturated carbocycles. The zero-order valence-electron chi connectivity index (χ0n) is 26.5. The van der Waals surface area contributed by atoms with E-state index in [9.17, 15) is 14.0 Å². The molecule has 244 valence electrons. The number of aromatic amines is 1. The minimum absolute atomic E-state index is 0.0379. The number of hydrogen-bond donors (Lipinski definition) is 2. The number of carbonyl (C=O) groups excluding carboxylic acids is 2. The van der Waals surface area contributed by atoms with Gasteiger partial charge in [0.2, 0.25) is 11.8 Å². The lowest BCUT2D eigenvalue weighted by molar-refractivity contribution is -0.133. The Morgan fingerprint density at radius 2 is 1.73 bits per heavy atom. The first-order valence-electron chi connectivity index (χ1n) is 15.9. The van der Waals surface area contributed by atoms with Crippen LogP contribution in [0, 0.1) is 11.2 Å². The molecule has 1 saturated heterocycles. The number of methoxy groups -OCH3 is 1. The van der Waals surface area contributed by atoms with Gasteiger partial charge in [0.15, 0.2) is 5.82 Å². The highest BCUT2D eigenvalue weighted by molar-refractivity contribution is 5.97. The summed E-state index contributed by atoms with van der Waals surface area (Å²) in [5.41, 5.74) is 4.99. The fourth-order valence-corrected chi connectivity index (χ4v) is 6.50. The van der Waals surface area contributed by atoms with Gasteiger partial charge in [0.1, 0.15) is 22.8 Å². The Morgan fingerprint density at radius 1 is 0.979 bits per heavy atom. The third-order valence-electron chi connectivity index (χ3n) is 9.10. The maximum absolute atomic E-state index is 13.8. The van der Waals surface area contributed by atoms with Gasteiger partial charge in [-0.2, -0.15) is 5.10 Å². The number of carbonyl (C=O) groups is 2. The van der Waals surface area contributed by atoms with Crippen molar-refractivity contribution in [2.75, 3.05) is 51.8 Å². The van der Waals surface area contributed by atoms with Crippen molar-refractivity contribution in [3.63, 3.8) is 0 Å². The summed E-state index contributed by atoms with van der Waals surface area (Å²) in [6.45, 7) is 2.60. The molecule has 2 amide bonds. The summed E-state index contributed by atoms with van der Waals surface area (Å²) >= 11 is 0. The molecule has 7 rings (SSSR count). The zero-order chi connectivity index (χ0) is 33.1. The summed E-state index contributed by atoms with van der Waals surface area (Å²) in [4.78, 5) is 44.3. The number of fused-ring (bicyclic) bond motifs is 1. The topological polar surface area (TPSA) is 129 Å². The van der Waals surface area contributed by atoms with E-state index in [1.165, 1.54) is 17.7 Å². The molecule has 2 aliphatic heterocycles. The summed E-state index contributed by atoms with van der Waals surface area (Å²) in [5.74, 6) is 0.553. The van der Waals surface area contributed by atoms with E-state index < -0.39 is 5.41 Å². The molecule has 0 aliphatic carbocycles. The van der Waals surface area contributed by atoms with Gasteiger partial charge in [0.25, 0.3) is 0 Å². The summed E-state index contributed by atoms with van der Waals surface area (Å²) < 4.78 is 19.0. The van der Waals surface area contributed by atoms with Crippen molar-refractivity contribution in [1.82, 2.24) is 34.9 Å². The molecule has 0 radical (unpaired) electrons. The van der Waals surface area contributed by atoms with Crippen LogP contribution in [0.15, 0.2) is 85.2 Å². The molecule has 0 bridgehead atoms. The van der Waals surface area contributed by atoms with Gasteiger partial charge < -0.3 is 15.0 Å². The number of ether oxygens (including phenoxy) is 1. The first kappa shape index (κ1) is 31.3. The Bertz CT molecular complexity index is 1960. The fourth-order valence-electron chi connectivity index (χ4n) is 6.50. The van der Waals surface area contributed by atoms with Crippen molar-refractivity contribution in [2.45, 2.75) is 12.8 Å². The second-order valence-electron chi connectivity index (χ2n) is 12.3. The number of likely N-dealkylation sites (tertiary alicyclic amines) is 1. The van der Waals surface area contributed by atoms with E-state index in [4.69, 9.17) is 4.74 Å². The highest BCUT2D eigenvalue weighted by Crippen LogP contribution is 2.34. The number of benzene rings is 2. The maximum Gasteiger partial charge on any atom is 0.237 e. The van der Waals surface area contributed by atoms with E-state index in [0.717, 1.165) is 17.5 Å². The van der Waals surface area contributed by atoms with Crippen LogP contribution in [0.5, 0.6) is 0 Å². The Morgan fingerprint density at radius 3 is 2.46 bits per heavy atom. The van der Waals surface area contributed by atoms with Crippen LogP contribution in [0.4, 0.5) is 10.2 Å². The second-order valence-corrected chi connectivity index (χ2v) is 12.3. The largest absolute Gasteiger partial charge is 0.384 e. The molecular formula is C36H35FN8O3. The maximum atomic E-state index is 13.8. The van der Waals surface area contributed by atoms with Crippen molar-refractivity contribution in [1.29, 1.82) is 0 Å². The number of nitrogens with zero attached hydrogens (tertiary/aromatic N) is 6. The van der Waals surface area contributed by atoms with Crippen LogP contribution in [0.25, 0.3) is 39.3 Å². The average molecular weight is 647 g/mol. The van der Waals surface area contributed by atoms with Crippen LogP contribution >= 0.6 is 0 Å². The fraction of sp³-hybridized carbons (Fsp3) is 0.278. The normalized spacial score (nSPS) is 18.2. The average Bonchev–Trinajstić information content (AvgIpc) is 3.74. The van der Waals surface area contributed by atoms with Crippen LogP contribution in [0.3, 0.4) is 0 Å². The first-order valence-corrected chi connectivity index (χ1v) is 15.9. The van der Waals surface area contributed by atoms with Gasteiger partial charge in [0, 0.05) is 50.3 Å². The minimum Gasteiger partial charge on any atom is -0.384 e. The molecule has 48 heavy (non-hydrogen) atoms. The van der Waals surface area contributed by atoms with E-state index in [0.29, 0.717) is 66.5 Å². The Labute approximate surface area is 276 Å². The number of nitrogens with one attached hydrogen (secondary N) is 2. The second kappa shape index (κ2) is 13.4. The Balaban J connectivity index is 0.974. The van der Waals surface area contributed by atoms with Gasteiger partial charge in [-0.1, -0.05) is 30.3 Å². The molecule has 1 atom stereocenters. The summed E-state index contributed by atoms with van der Waals surface area (Å²) in [7, 11) is 1.58. The van der Waals surface area contributed by atoms with Crippen molar-refractivity contribution in [3.8, 4) is 22.6 Å². The summed E-state index contributed by atoms with van der Waals surface area (Å²) in [6, 6.07) is 19.5.